The molecule has 5 heteroatoms. The van der Waals surface area contributed by atoms with Gasteiger partial charge in [-0.2, -0.15) is 0 Å². The van der Waals surface area contributed by atoms with Crippen LogP contribution in [0.15, 0.2) is 12.1 Å². The van der Waals surface area contributed by atoms with E-state index in [2.05, 4.69) is 10.3 Å². The lowest BCUT2D eigenvalue weighted by molar-refractivity contribution is 0.0169. The predicted molar refractivity (Wildman–Crippen MR) is 83.9 cm³/mol. The van der Waals surface area contributed by atoms with E-state index in [1.807, 2.05) is 26.8 Å². The Kier molecular flexibility index (Phi) is 5.22. The summed E-state index contributed by atoms with van der Waals surface area (Å²) in [7, 11) is 0. The summed E-state index contributed by atoms with van der Waals surface area (Å²) in [5, 5.41) is 3.27. The van der Waals surface area contributed by atoms with Gasteiger partial charge in [-0.25, -0.2) is 4.98 Å². The molecule has 2 heterocycles. The van der Waals surface area contributed by atoms with Crippen molar-refractivity contribution >= 4 is 17.5 Å². The van der Waals surface area contributed by atoms with Gasteiger partial charge in [0.2, 0.25) is 0 Å². The van der Waals surface area contributed by atoms with Crippen LogP contribution < -0.4 is 5.32 Å². The molecule has 116 valence electrons. The molecule has 0 bridgehead atoms. The molecule has 21 heavy (non-hydrogen) atoms. The third-order valence-electron chi connectivity index (χ3n) is 3.59. The quantitative estimate of drug-likeness (QED) is 0.871. The highest BCUT2D eigenvalue weighted by Crippen LogP contribution is 2.23. The molecule has 1 N–H and O–H groups in total. The molecule has 4 nitrogen and oxygen atoms in total. The van der Waals surface area contributed by atoms with Gasteiger partial charge in [0.25, 0.3) is 5.91 Å². The molecule has 1 unspecified atom stereocenters. The number of pyridine rings is 1. The summed E-state index contributed by atoms with van der Waals surface area (Å²) >= 11 is 6.03. The Morgan fingerprint density at radius 2 is 2.19 bits per heavy atom. The molecule has 1 aromatic heterocycles. The van der Waals surface area contributed by atoms with E-state index in [9.17, 15) is 4.79 Å². The molecule has 1 aromatic rings. The number of hydrogen-bond donors (Lipinski definition) is 1. The second-order valence-corrected chi connectivity index (χ2v) is 6.90. The van der Waals surface area contributed by atoms with Crippen LogP contribution in [0.4, 0.5) is 0 Å². The molecule has 1 amide bonds. The number of nitrogens with one attached hydrogen (secondary N) is 1. The number of rotatable bonds is 3. The van der Waals surface area contributed by atoms with Crippen molar-refractivity contribution in [3.05, 3.63) is 28.5 Å². The first-order chi connectivity index (χ1) is 9.86. The van der Waals surface area contributed by atoms with Crippen molar-refractivity contribution in [2.75, 3.05) is 13.2 Å². The van der Waals surface area contributed by atoms with Crippen LogP contribution in [0.3, 0.4) is 0 Å². The Balaban J connectivity index is 2.03. The molecule has 0 spiro atoms. The molecule has 1 fully saturated rings. The van der Waals surface area contributed by atoms with Gasteiger partial charge in [-0.1, -0.05) is 32.4 Å². The molecule has 1 atom stereocenters. The number of aromatic nitrogens is 1. The van der Waals surface area contributed by atoms with Gasteiger partial charge in [0.15, 0.2) is 0 Å². The number of carbonyl (C=O) groups excluding carboxylic acids is 1. The van der Waals surface area contributed by atoms with Crippen LogP contribution in [0, 0.1) is 0 Å². The van der Waals surface area contributed by atoms with Crippen molar-refractivity contribution < 1.29 is 9.53 Å². The van der Waals surface area contributed by atoms with Crippen LogP contribution in [0.2, 0.25) is 5.15 Å². The van der Waals surface area contributed by atoms with Gasteiger partial charge >= 0.3 is 0 Å². The highest BCUT2D eigenvalue weighted by atomic mass is 35.5. The number of amides is 1. The van der Waals surface area contributed by atoms with E-state index in [0.717, 1.165) is 31.6 Å². The number of carbonyl (C=O) groups is 1. The van der Waals surface area contributed by atoms with Gasteiger partial charge in [0.1, 0.15) is 5.15 Å². The van der Waals surface area contributed by atoms with Crippen LogP contribution in [0.5, 0.6) is 0 Å². The van der Waals surface area contributed by atoms with Crippen molar-refractivity contribution in [3.63, 3.8) is 0 Å². The maximum atomic E-state index is 12.3. The minimum absolute atomic E-state index is 0.126. The maximum absolute atomic E-state index is 12.3. The molecule has 2 rings (SSSR count). The predicted octanol–water partition coefficient (Wildman–Crippen LogP) is 3.33. The first kappa shape index (κ1) is 16.2. The third-order valence-corrected chi connectivity index (χ3v) is 3.78. The summed E-state index contributed by atoms with van der Waals surface area (Å²) in [6.07, 6.45) is 3.40. The van der Waals surface area contributed by atoms with Crippen LogP contribution in [0.1, 0.15) is 56.1 Å². The number of nitrogens with zero attached hydrogens (tertiary/aromatic N) is 1. The van der Waals surface area contributed by atoms with E-state index in [1.165, 1.54) is 0 Å². The SMILES string of the molecule is CC(C)(C)c1cc(C(=O)NCC2CCCCO2)cc(Cl)n1. The number of halogens is 1. The van der Waals surface area contributed by atoms with Gasteiger partial charge < -0.3 is 10.1 Å². The molecule has 0 aliphatic carbocycles. The lowest BCUT2D eigenvalue weighted by Crippen LogP contribution is -2.35. The summed E-state index contributed by atoms with van der Waals surface area (Å²) in [6.45, 7) is 7.47. The standard InChI is InChI=1S/C16H23ClN2O2/c1-16(2,3)13-8-11(9-14(17)19-13)15(20)18-10-12-6-4-5-7-21-12/h8-9,12H,4-7,10H2,1-3H3,(H,18,20). The lowest BCUT2D eigenvalue weighted by atomic mass is 9.91. The Labute approximate surface area is 131 Å². The zero-order chi connectivity index (χ0) is 15.5. The fourth-order valence-corrected chi connectivity index (χ4v) is 2.50. The van der Waals surface area contributed by atoms with Crippen molar-refractivity contribution in [2.45, 2.75) is 51.6 Å². The van der Waals surface area contributed by atoms with Crippen molar-refractivity contribution in [1.29, 1.82) is 0 Å². The largest absolute Gasteiger partial charge is 0.376 e. The molecule has 1 saturated heterocycles. The zero-order valence-corrected chi connectivity index (χ0v) is 13.7. The fraction of sp³-hybridized carbons (Fsp3) is 0.625. The first-order valence-electron chi connectivity index (χ1n) is 7.44. The van der Waals surface area contributed by atoms with Crippen molar-refractivity contribution in [1.82, 2.24) is 10.3 Å². The summed E-state index contributed by atoms with van der Waals surface area (Å²) < 4.78 is 5.61. The smallest absolute Gasteiger partial charge is 0.251 e. The summed E-state index contributed by atoms with van der Waals surface area (Å²) in [4.78, 5) is 16.6. The van der Waals surface area contributed by atoms with E-state index >= 15 is 0 Å². The van der Waals surface area contributed by atoms with E-state index in [-0.39, 0.29) is 17.4 Å². The van der Waals surface area contributed by atoms with E-state index in [1.54, 1.807) is 6.07 Å². The Bertz CT molecular complexity index is 505. The zero-order valence-electron chi connectivity index (χ0n) is 12.9. The minimum atomic E-state index is -0.146. The highest BCUT2D eigenvalue weighted by Gasteiger charge is 2.20. The van der Waals surface area contributed by atoms with Gasteiger partial charge in [-0.05, 0) is 31.4 Å². The maximum Gasteiger partial charge on any atom is 0.251 e. The monoisotopic (exact) mass is 310 g/mol. The Morgan fingerprint density at radius 3 is 2.81 bits per heavy atom. The first-order valence-corrected chi connectivity index (χ1v) is 7.82. The van der Waals surface area contributed by atoms with E-state index in [0.29, 0.717) is 17.3 Å². The van der Waals surface area contributed by atoms with Crippen LogP contribution in [-0.2, 0) is 10.2 Å². The van der Waals surface area contributed by atoms with Crippen molar-refractivity contribution in [2.24, 2.45) is 0 Å². The minimum Gasteiger partial charge on any atom is -0.376 e. The molecular formula is C16H23ClN2O2. The number of hydrogen-bond acceptors (Lipinski definition) is 3. The molecule has 0 saturated carbocycles. The lowest BCUT2D eigenvalue weighted by Gasteiger charge is -2.23. The summed E-state index contributed by atoms with van der Waals surface area (Å²) in [5.41, 5.74) is 1.22. The molecule has 1 aliphatic heterocycles. The Morgan fingerprint density at radius 1 is 1.43 bits per heavy atom. The number of ether oxygens (including phenoxy) is 1. The van der Waals surface area contributed by atoms with Gasteiger partial charge in [0.05, 0.1) is 6.10 Å². The van der Waals surface area contributed by atoms with E-state index in [4.69, 9.17) is 16.3 Å². The van der Waals surface area contributed by atoms with Gasteiger partial charge in [-0.15, -0.1) is 0 Å². The molecule has 0 aromatic carbocycles. The average Bonchev–Trinajstić information content (AvgIpc) is 2.44. The normalized spacial score (nSPS) is 19.3. The van der Waals surface area contributed by atoms with Crippen molar-refractivity contribution in [3.8, 4) is 0 Å². The second-order valence-electron chi connectivity index (χ2n) is 6.51. The van der Waals surface area contributed by atoms with E-state index < -0.39 is 0 Å². The van der Waals surface area contributed by atoms with Gasteiger partial charge in [-0.3, -0.25) is 4.79 Å². The van der Waals surface area contributed by atoms with Gasteiger partial charge in [0, 0.05) is 29.8 Å². The summed E-state index contributed by atoms with van der Waals surface area (Å²) in [6, 6.07) is 3.41. The fourth-order valence-electron chi connectivity index (χ4n) is 2.29. The highest BCUT2D eigenvalue weighted by molar-refractivity contribution is 6.29. The van der Waals surface area contributed by atoms with Crippen LogP contribution in [-0.4, -0.2) is 30.1 Å². The average molecular weight is 311 g/mol. The molecule has 1 aliphatic rings. The van der Waals surface area contributed by atoms with Crippen LogP contribution in [0.25, 0.3) is 0 Å². The molecular weight excluding hydrogens is 288 g/mol. The van der Waals surface area contributed by atoms with Crippen LogP contribution >= 0.6 is 11.6 Å². The summed E-state index contributed by atoms with van der Waals surface area (Å²) in [5.74, 6) is -0.126. The molecule has 0 radical (unpaired) electrons. The Hall–Kier alpha value is -1.13. The topological polar surface area (TPSA) is 51.2 Å². The second kappa shape index (κ2) is 6.75. The third kappa shape index (κ3) is 4.68.